The molecule has 1 fully saturated rings. The molecule has 1 atom stereocenters. The van der Waals surface area contributed by atoms with Gasteiger partial charge < -0.3 is 15.1 Å². The van der Waals surface area contributed by atoms with Crippen molar-refractivity contribution < 1.29 is 39.0 Å². The van der Waals surface area contributed by atoms with Crippen molar-refractivity contribution in [2.75, 3.05) is 0 Å². The van der Waals surface area contributed by atoms with Crippen LogP contribution in [0.1, 0.15) is 135 Å². The molecule has 1 heterocycles. The lowest BCUT2D eigenvalue weighted by molar-refractivity contribution is -0.208. The fourth-order valence-corrected chi connectivity index (χ4v) is 4.82. The summed E-state index contributed by atoms with van der Waals surface area (Å²) in [5.74, 6) is -4.33. The monoisotopic (exact) mass is 537 g/mol. The molecule has 0 bridgehead atoms. The predicted octanol–water partition coefficient (Wildman–Crippen LogP) is 6.35. The molecule has 216 valence electrons. The Kier molecular flexibility index (Phi) is 17.0. The molecule has 0 saturated carbocycles. The van der Waals surface area contributed by atoms with Crippen LogP contribution in [0.5, 0.6) is 0 Å². The molecular weight excluding hydrogens is 490 g/mol. The summed E-state index contributed by atoms with van der Waals surface area (Å²) in [7, 11) is 0. The Balaban J connectivity index is 2.58. The number of rotatable bonds is 24. The van der Waals surface area contributed by atoms with Gasteiger partial charge in [-0.1, -0.05) is 89.5 Å². The van der Waals surface area contributed by atoms with Gasteiger partial charge in [0, 0.05) is 19.3 Å². The molecule has 1 aliphatic rings. The predicted molar refractivity (Wildman–Crippen MR) is 143 cm³/mol. The summed E-state index contributed by atoms with van der Waals surface area (Å²) in [5, 5.41) is 19.3. The van der Waals surface area contributed by atoms with E-state index in [0.29, 0.717) is 24.3 Å². The van der Waals surface area contributed by atoms with Gasteiger partial charge in [-0.15, -0.1) is 11.6 Å². The zero-order valence-electron chi connectivity index (χ0n) is 22.9. The van der Waals surface area contributed by atoms with Gasteiger partial charge in [0.25, 0.3) is 11.8 Å². The molecule has 1 saturated heterocycles. The topological polar surface area (TPSA) is 138 Å². The lowest BCUT2D eigenvalue weighted by Crippen LogP contribution is -2.45. The standard InChI is InChI=1S/C29H47NO8/c1-2-3-4-5-6-8-11-14-17-22-29(27(35)36,28(37)38-30-24(31)20-21-25(30)32)23-18-15-12-9-7-10-13-16-19-26(33)34/h2H,1,3-23H2,(H,33,34)(H,35,36). The van der Waals surface area contributed by atoms with Gasteiger partial charge in [-0.3, -0.25) is 19.2 Å². The number of amides is 2. The number of allylic oxidation sites excluding steroid dienone is 1. The van der Waals surface area contributed by atoms with Crippen LogP contribution >= 0.6 is 0 Å². The molecule has 0 radical (unpaired) electrons. The van der Waals surface area contributed by atoms with Crippen molar-refractivity contribution >= 4 is 29.7 Å². The van der Waals surface area contributed by atoms with E-state index in [2.05, 4.69) is 6.58 Å². The maximum Gasteiger partial charge on any atom is 0.350 e. The summed E-state index contributed by atoms with van der Waals surface area (Å²) in [4.78, 5) is 65.1. The summed E-state index contributed by atoms with van der Waals surface area (Å²) in [5.41, 5.74) is -1.79. The molecule has 38 heavy (non-hydrogen) atoms. The molecule has 9 heteroatoms. The van der Waals surface area contributed by atoms with E-state index >= 15 is 0 Å². The number of hydrogen-bond acceptors (Lipinski definition) is 6. The summed E-state index contributed by atoms with van der Waals surface area (Å²) in [6.45, 7) is 3.72. The van der Waals surface area contributed by atoms with E-state index in [9.17, 15) is 29.1 Å². The van der Waals surface area contributed by atoms with Gasteiger partial charge in [0.2, 0.25) is 0 Å². The number of hydroxylamine groups is 2. The SMILES string of the molecule is C=CCCCCCCCCCC(CCCCCCCCCCC(=O)O)(C(=O)O)C(=O)ON1C(=O)CCC1=O. The first-order chi connectivity index (χ1) is 18.2. The van der Waals surface area contributed by atoms with Crippen LogP contribution in [-0.4, -0.2) is 45.0 Å². The second-order valence-corrected chi connectivity index (χ2v) is 10.4. The fraction of sp³-hybridized carbons (Fsp3) is 0.759. The third-order valence-electron chi connectivity index (χ3n) is 7.24. The Morgan fingerprint density at radius 2 is 1.16 bits per heavy atom. The minimum Gasteiger partial charge on any atom is -0.481 e. The first-order valence-corrected chi connectivity index (χ1v) is 14.4. The van der Waals surface area contributed by atoms with Crippen LogP contribution in [0.3, 0.4) is 0 Å². The van der Waals surface area contributed by atoms with Gasteiger partial charge in [-0.25, -0.2) is 4.79 Å². The molecule has 2 N–H and O–H groups in total. The first kappa shape index (κ1) is 33.3. The van der Waals surface area contributed by atoms with Gasteiger partial charge in [0.05, 0.1) is 0 Å². The highest BCUT2D eigenvalue weighted by Gasteiger charge is 2.49. The lowest BCUT2D eigenvalue weighted by atomic mass is 9.77. The summed E-state index contributed by atoms with van der Waals surface area (Å²) in [6, 6.07) is 0. The Labute approximate surface area is 226 Å². The van der Waals surface area contributed by atoms with Crippen LogP contribution in [0.25, 0.3) is 0 Å². The maximum absolute atomic E-state index is 13.1. The van der Waals surface area contributed by atoms with E-state index in [4.69, 9.17) is 9.94 Å². The minimum absolute atomic E-state index is 0.0463. The molecule has 0 aromatic rings. The molecule has 0 aromatic carbocycles. The quantitative estimate of drug-likeness (QED) is 0.0629. The van der Waals surface area contributed by atoms with Crippen LogP contribution in [0.2, 0.25) is 0 Å². The highest BCUT2D eigenvalue weighted by molar-refractivity contribution is 6.04. The van der Waals surface area contributed by atoms with Crippen molar-refractivity contribution in [3.63, 3.8) is 0 Å². The van der Waals surface area contributed by atoms with Crippen LogP contribution in [0.4, 0.5) is 0 Å². The summed E-state index contributed by atoms with van der Waals surface area (Å²) in [6.07, 6.45) is 16.6. The molecule has 1 aliphatic heterocycles. The second kappa shape index (κ2) is 19.4. The zero-order valence-corrected chi connectivity index (χ0v) is 22.9. The van der Waals surface area contributed by atoms with E-state index in [-0.39, 0.29) is 32.1 Å². The lowest BCUT2D eigenvalue weighted by Gasteiger charge is -2.28. The number of carboxylic acids is 2. The highest BCUT2D eigenvalue weighted by Crippen LogP contribution is 2.35. The summed E-state index contributed by atoms with van der Waals surface area (Å²) < 4.78 is 0. The van der Waals surface area contributed by atoms with Crippen molar-refractivity contribution in [2.24, 2.45) is 5.41 Å². The summed E-state index contributed by atoms with van der Waals surface area (Å²) >= 11 is 0. The molecule has 1 rings (SSSR count). The molecule has 0 spiro atoms. The van der Waals surface area contributed by atoms with Gasteiger partial charge in [-0.05, 0) is 32.1 Å². The molecule has 9 nitrogen and oxygen atoms in total. The van der Waals surface area contributed by atoms with Crippen molar-refractivity contribution in [2.45, 2.75) is 135 Å². The number of unbranched alkanes of at least 4 members (excludes halogenated alkanes) is 14. The van der Waals surface area contributed by atoms with Crippen LogP contribution in [-0.2, 0) is 28.8 Å². The number of aliphatic carboxylic acids is 2. The number of hydrogen-bond donors (Lipinski definition) is 2. The van der Waals surface area contributed by atoms with Crippen molar-refractivity contribution in [1.29, 1.82) is 0 Å². The molecule has 2 amide bonds. The average molecular weight is 538 g/mol. The van der Waals surface area contributed by atoms with Crippen LogP contribution in [0, 0.1) is 5.41 Å². The number of carbonyl (C=O) groups is 5. The molecular formula is C29H47NO8. The van der Waals surface area contributed by atoms with Crippen LogP contribution < -0.4 is 0 Å². The third kappa shape index (κ3) is 12.7. The van der Waals surface area contributed by atoms with Gasteiger partial charge >= 0.3 is 17.9 Å². The van der Waals surface area contributed by atoms with E-state index < -0.39 is 35.1 Å². The smallest absolute Gasteiger partial charge is 0.350 e. The minimum atomic E-state index is -1.79. The largest absolute Gasteiger partial charge is 0.481 e. The average Bonchev–Trinajstić information content (AvgIpc) is 3.19. The van der Waals surface area contributed by atoms with Crippen molar-refractivity contribution in [1.82, 2.24) is 5.06 Å². The van der Waals surface area contributed by atoms with E-state index in [1.807, 2.05) is 6.08 Å². The number of nitrogens with zero attached hydrogens (tertiary/aromatic N) is 1. The fourth-order valence-electron chi connectivity index (χ4n) is 4.82. The zero-order chi connectivity index (χ0) is 28.2. The Morgan fingerprint density at radius 3 is 1.58 bits per heavy atom. The molecule has 0 aromatic heterocycles. The van der Waals surface area contributed by atoms with Gasteiger partial charge in [0.15, 0.2) is 5.41 Å². The normalized spacial score (nSPS) is 14.9. The van der Waals surface area contributed by atoms with Crippen molar-refractivity contribution in [3.8, 4) is 0 Å². The number of imide groups is 1. The highest BCUT2D eigenvalue weighted by atomic mass is 16.7. The van der Waals surface area contributed by atoms with Gasteiger partial charge in [-0.2, -0.15) is 0 Å². The van der Waals surface area contributed by atoms with E-state index in [1.54, 1.807) is 0 Å². The van der Waals surface area contributed by atoms with Gasteiger partial charge in [0.1, 0.15) is 0 Å². The van der Waals surface area contributed by atoms with E-state index in [1.165, 1.54) is 0 Å². The molecule has 0 aliphatic carbocycles. The Morgan fingerprint density at radius 1 is 0.737 bits per heavy atom. The molecule has 1 unspecified atom stereocenters. The number of carboxylic acid groups (broad SMARTS) is 2. The first-order valence-electron chi connectivity index (χ1n) is 14.4. The Hall–Kier alpha value is -2.71. The second-order valence-electron chi connectivity index (χ2n) is 10.4. The van der Waals surface area contributed by atoms with Crippen LogP contribution in [0.15, 0.2) is 12.7 Å². The van der Waals surface area contributed by atoms with Crippen molar-refractivity contribution in [3.05, 3.63) is 12.7 Å². The maximum atomic E-state index is 13.1. The Bertz CT molecular complexity index is 765. The third-order valence-corrected chi connectivity index (χ3v) is 7.24. The van der Waals surface area contributed by atoms with E-state index in [0.717, 1.165) is 83.5 Å². The number of carbonyl (C=O) groups excluding carboxylic acids is 3.